The molecule has 1 aliphatic heterocycles. The highest BCUT2D eigenvalue weighted by Gasteiger charge is 2.21. The number of rotatable bonds is 3. The van der Waals surface area contributed by atoms with Gasteiger partial charge >= 0.3 is 0 Å². The molecule has 1 aliphatic carbocycles. The Morgan fingerprint density at radius 3 is 3.12 bits per heavy atom. The quantitative estimate of drug-likeness (QED) is 0.804. The van der Waals surface area contributed by atoms with E-state index in [-0.39, 0.29) is 5.56 Å². The molecule has 1 aromatic rings. The summed E-state index contributed by atoms with van der Waals surface area (Å²) in [7, 11) is 2.12. The molecule has 1 aromatic heterocycles. The van der Waals surface area contributed by atoms with Crippen LogP contribution in [0.5, 0.6) is 0 Å². The molecule has 0 saturated heterocycles. The van der Waals surface area contributed by atoms with Crippen LogP contribution >= 0.6 is 0 Å². The Hall–Kier alpha value is -1.13. The fourth-order valence-corrected chi connectivity index (χ4v) is 2.37. The molecule has 92 valence electrons. The van der Waals surface area contributed by atoms with E-state index in [1.54, 1.807) is 0 Å². The Morgan fingerprint density at radius 2 is 2.35 bits per heavy atom. The first-order valence-electron chi connectivity index (χ1n) is 6.38. The van der Waals surface area contributed by atoms with Crippen molar-refractivity contribution in [1.29, 1.82) is 0 Å². The molecule has 3 rings (SSSR count). The average Bonchev–Trinajstić information content (AvgIpc) is 3.11. The zero-order valence-electron chi connectivity index (χ0n) is 10.3. The third kappa shape index (κ3) is 2.42. The number of H-pyrrole nitrogens is 1. The maximum atomic E-state index is 11.9. The van der Waals surface area contributed by atoms with Crippen molar-refractivity contribution < 1.29 is 0 Å². The predicted octanol–water partition coefficient (Wildman–Crippen LogP) is 0.615. The normalized spacial score (nSPS) is 20.3. The molecule has 4 heteroatoms. The highest BCUT2D eigenvalue weighted by molar-refractivity contribution is 5.27. The molecule has 2 aliphatic rings. The average molecular weight is 233 g/mol. The molecule has 0 atom stereocenters. The first-order chi connectivity index (χ1) is 8.22. The molecule has 17 heavy (non-hydrogen) atoms. The summed E-state index contributed by atoms with van der Waals surface area (Å²) in [6, 6.07) is 2.73. The van der Waals surface area contributed by atoms with Gasteiger partial charge in [-0.25, -0.2) is 0 Å². The van der Waals surface area contributed by atoms with Gasteiger partial charge in [-0.2, -0.15) is 0 Å². The van der Waals surface area contributed by atoms with Crippen LogP contribution in [0.2, 0.25) is 0 Å². The van der Waals surface area contributed by atoms with Gasteiger partial charge in [-0.05, 0) is 31.5 Å². The van der Waals surface area contributed by atoms with Crippen LogP contribution in [0, 0.1) is 0 Å². The molecule has 2 heterocycles. The third-order valence-electron chi connectivity index (χ3n) is 3.63. The highest BCUT2D eigenvalue weighted by atomic mass is 16.1. The lowest BCUT2D eigenvalue weighted by Gasteiger charge is -2.24. The number of likely N-dealkylation sites (N-methyl/N-ethyl adjacent to an activating group) is 1. The summed E-state index contributed by atoms with van der Waals surface area (Å²) in [6.07, 6.45) is 3.47. The molecule has 0 radical (unpaired) electrons. The van der Waals surface area contributed by atoms with Crippen LogP contribution in [0.1, 0.15) is 29.7 Å². The first kappa shape index (κ1) is 11.0. The van der Waals surface area contributed by atoms with Gasteiger partial charge in [0, 0.05) is 43.4 Å². The smallest absolute Gasteiger partial charge is 0.252 e. The summed E-state index contributed by atoms with van der Waals surface area (Å²) in [6.45, 7) is 2.68. The van der Waals surface area contributed by atoms with Crippen LogP contribution in [0.25, 0.3) is 0 Å². The maximum Gasteiger partial charge on any atom is 0.252 e. The van der Waals surface area contributed by atoms with Crippen LogP contribution in [0.15, 0.2) is 10.9 Å². The van der Waals surface area contributed by atoms with Crippen molar-refractivity contribution in [3.05, 3.63) is 33.2 Å². The fraction of sp³-hybridized carbons (Fsp3) is 0.615. The van der Waals surface area contributed by atoms with Crippen molar-refractivity contribution in [2.45, 2.75) is 38.4 Å². The molecule has 1 saturated carbocycles. The van der Waals surface area contributed by atoms with Gasteiger partial charge < -0.3 is 15.2 Å². The summed E-state index contributed by atoms with van der Waals surface area (Å²) in [5.74, 6) is 0. The molecule has 1 fully saturated rings. The van der Waals surface area contributed by atoms with E-state index < -0.39 is 0 Å². The Kier molecular flexibility index (Phi) is 2.76. The number of aromatic amines is 1. The van der Waals surface area contributed by atoms with Crippen LogP contribution in [0.4, 0.5) is 0 Å². The van der Waals surface area contributed by atoms with Gasteiger partial charge in [-0.15, -0.1) is 0 Å². The van der Waals surface area contributed by atoms with E-state index in [9.17, 15) is 4.79 Å². The van der Waals surface area contributed by atoms with Crippen LogP contribution in [-0.2, 0) is 19.5 Å². The Bertz CT molecular complexity index is 476. The van der Waals surface area contributed by atoms with Crippen LogP contribution in [0.3, 0.4) is 0 Å². The lowest BCUT2D eigenvalue weighted by molar-refractivity contribution is 0.309. The minimum absolute atomic E-state index is 0.0847. The Balaban J connectivity index is 1.83. The van der Waals surface area contributed by atoms with E-state index in [2.05, 4.69) is 28.3 Å². The SMILES string of the molecule is CN1CCc2[nH]c(=O)c(CNC3CC3)cc2C1. The minimum Gasteiger partial charge on any atom is -0.326 e. The zero-order chi connectivity index (χ0) is 11.8. The van der Waals surface area contributed by atoms with Crippen molar-refractivity contribution >= 4 is 0 Å². The number of aromatic nitrogens is 1. The fourth-order valence-electron chi connectivity index (χ4n) is 2.37. The number of fused-ring (bicyclic) bond motifs is 1. The number of nitrogens with one attached hydrogen (secondary N) is 2. The van der Waals surface area contributed by atoms with E-state index in [0.717, 1.165) is 30.8 Å². The largest absolute Gasteiger partial charge is 0.326 e. The van der Waals surface area contributed by atoms with Crippen LogP contribution in [-0.4, -0.2) is 29.5 Å². The topological polar surface area (TPSA) is 48.1 Å². The highest BCUT2D eigenvalue weighted by Crippen LogP contribution is 2.19. The molecular formula is C13H19N3O. The van der Waals surface area contributed by atoms with Gasteiger partial charge in [-0.1, -0.05) is 0 Å². The van der Waals surface area contributed by atoms with E-state index >= 15 is 0 Å². The van der Waals surface area contributed by atoms with Crippen molar-refractivity contribution in [2.75, 3.05) is 13.6 Å². The maximum absolute atomic E-state index is 11.9. The molecule has 0 unspecified atom stereocenters. The van der Waals surface area contributed by atoms with Gasteiger partial charge in [0.25, 0.3) is 5.56 Å². The van der Waals surface area contributed by atoms with Gasteiger partial charge in [0.05, 0.1) is 0 Å². The summed E-state index contributed by atoms with van der Waals surface area (Å²) in [5, 5.41) is 3.40. The van der Waals surface area contributed by atoms with Gasteiger partial charge in [-0.3, -0.25) is 4.79 Å². The molecule has 0 spiro atoms. The molecule has 4 nitrogen and oxygen atoms in total. The van der Waals surface area contributed by atoms with E-state index in [0.29, 0.717) is 12.6 Å². The first-order valence-corrected chi connectivity index (χ1v) is 6.38. The second-order valence-electron chi connectivity index (χ2n) is 5.27. The summed E-state index contributed by atoms with van der Waals surface area (Å²) in [4.78, 5) is 17.2. The van der Waals surface area contributed by atoms with Crippen molar-refractivity contribution in [3.8, 4) is 0 Å². The second kappa shape index (κ2) is 4.27. The zero-order valence-corrected chi connectivity index (χ0v) is 10.3. The number of pyridine rings is 1. The molecule has 0 bridgehead atoms. The molecule has 0 aromatic carbocycles. The molecular weight excluding hydrogens is 214 g/mol. The van der Waals surface area contributed by atoms with Crippen molar-refractivity contribution in [1.82, 2.24) is 15.2 Å². The monoisotopic (exact) mass is 233 g/mol. The Labute approximate surface area is 101 Å². The van der Waals surface area contributed by atoms with E-state index in [1.165, 1.54) is 18.4 Å². The van der Waals surface area contributed by atoms with E-state index in [4.69, 9.17) is 0 Å². The summed E-state index contributed by atoms with van der Waals surface area (Å²) < 4.78 is 0. The van der Waals surface area contributed by atoms with Crippen LogP contribution < -0.4 is 10.9 Å². The third-order valence-corrected chi connectivity index (χ3v) is 3.63. The molecule has 2 N–H and O–H groups in total. The number of nitrogens with zero attached hydrogens (tertiary/aromatic N) is 1. The summed E-state index contributed by atoms with van der Waals surface area (Å²) in [5.41, 5.74) is 3.38. The number of hydrogen-bond acceptors (Lipinski definition) is 3. The van der Waals surface area contributed by atoms with Crippen molar-refractivity contribution in [2.24, 2.45) is 0 Å². The Morgan fingerprint density at radius 1 is 1.53 bits per heavy atom. The van der Waals surface area contributed by atoms with E-state index in [1.807, 2.05) is 0 Å². The van der Waals surface area contributed by atoms with Gasteiger partial charge in [0.2, 0.25) is 0 Å². The van der Waals surface area contributed by atoms with Gasteiger partial charge in [0.1, 0.15) is 0 Å². The minimum atomic E-state index is 0.0847. The second-order valence-corrected chi connectivity index (χ2v) is 5.27. The lowest BCUT2D eigenvalue weighted by Crippen LogP contribution is -2.31. The molecule has 0 amide bonds. The summed E-state index contributed by atoms with van der Waals surface area (Å²) >= 11 is 0. The number of hydrogen-bond donors (Lipinski definition) is 2. The standard InChI is InChI=1S/C13H19N3O/c1-16-5-4-12-10(8-16)6-9(13(17)15-12)7-14-11-2-3-11/h6,11,14H,2-5,7-8H2,1H3,(H,15,17). The predicted molar refractivity (Wildman–Crippen MR) is 67.0 cm³/mol. The lowest BCUT2D eigenvalue weighted by atomic mass is 10.0. The van der Waals surface area contributed by atoms with Gasteiger partial charge in [0.15, 0.2) is 0 Å². The van der Waals surface area contributed by atoms with Crippen molar-refractivity contribution in [3.63, 3.8) is 0 Å².